The van der Waals surface area contributed by atoms with Gasteiger partial charge in [0.05, 0.1) is 9.52 Å². The van der Waals surface area contributed by atoms with E-state index in [2.05, 4.69) is 238 Å². The van der Waals surface area contributed by atoms with Gasteiger partial charge in [-0.05, 0) is 80.7 Å². The number of hydrogen-bond donors (Lipinski definition) is 0. The number of benzene rings is 6. The van der Waals surface area contributed by atoms with Gasteiger partial charge in [0.2, 0.25) is 0 Å². The van der Waals surface area contributed by atoms with Crippen molar-refractivity contribution >= 4 is 58.5 Å². The van der Waals surface area contributed by atoms with Gasteiger partial charge in [-0.15, -0.1) is 74.6 Å². The van der Waals surface area contributed by atoms with E-state index in [1.165, 1.54) is 110 Å². The standard InChI is InChI=1S/2C27H35.C12H7Si.2ClH.Zr/c2*1-9-19-10-11-20-15-24(27(6,7)8)16-25(20)26(19)23-13-21(17(2)3)12-22(14-23)18(4)5;1-3-7-11-9(5-1)10-6-2-4-8-12(10)13-11;;;/h2*10-18H,9H2,1-8H3;1-7H;2*1H;/q3*-1;;;+2/p-2. The summed E-state index contributed by atoms with van der Waals surface area (Å²) in [4.78, 5) is 0. The average molecular weight is 1060 g/mol. The second-order valence-electron chi connectivity index (χ2n) is 22.5. The summed E-state index contributed by atoms with van der Waals surface area (Å²) < 4.78 is 0. The Balaban J connectivity index is 0.000000176. The molecule has 0 amide bonds. The minimum Gasteiger partial charge on any atom is -0.184 e. The maximum Gasteiger partial charge on any atom is 0.0920 e. The molecule has 0 aromatic heterocycles. The zero-order valence-electron chi connectivity index (χ0n) is 45.1. The predicted octanol–water partition coefficient (Wildman–Crippen LogP) is 19.2. The minimum absolute atomic E-state index is 0.172. The van der Waals surface area contributed by atoms with Gasteiger partial charge in [-0.3, -0.25) is 0 Å². The first kappa shape index (κ1) is 55.5. The zero-order chi connectivity index (χ0) is 51.2. The second-order valence-corrected chi connectivity index (χ2v) is 27.5. The van der Waals surface area contributed by atoms with Gasteiger partial charge >= 0.3 is 37.9 Å². The van der Waals surface area contributed by atoms with Crippen molar-refractivity contribution in [2.75, 3.05) is 0 Å². The van der Waals surface area contributed by atoms with Gasteiger partial charge in [0.25, 0.3) is 0 Å². The van der Waals surface area contributed by atoms with Crippen LogP contribution >= 0.6 is 17.0 Å². The molecule has 2 radical (unpaired) electrons. The molecule has 0 aliphatic carbocycles. The largest absolute Gasteiger partial charge is 0.184 e. The van der Waals surface area contributed by atoms with E-state index in [9.17, 15) is 0 Å². The maximum absolute atomic E-state index is 4.93. The third-order valence-electron chi connectivity index (χ3n) is 14.0. The van der Waals surface area contributed by atoms with Crippen LogP contribution in [0.2, 0.25) is 0 Å². The van der Waals surface area contributed by atoms with Crippen LogP contribution < -0.4 is 10.4 Å². The van der Waals surface area contributed by atoms with Crippen molar-refractivity contribution in [1.29, 1.82) is 0 Å². The molecule has 0 spiro atoms. The monoisotopic (exact) mass is 1060 g/mol. The van der Waals surface area contributed by atoms with Gasteiger partial charge in [0.1, 0.15) is 0 Å². The first-order valence-electron chi connectivity index (χ1n) is 25.7. The van der Waals surface area contributed by atoms with Crippen molar-refractivity contribution in [2.24, 2.45) is 0 Å². The van der Waals surface area contributed by atoms with Crippen LogP contribution in [0.15, 0.2) is 127 Å². The summed E-state index contributed by atoms with van der Waals surface area (Å²) in [5, 5.41) is 8.38. The summed E-state index contributed by atoms with van der Waals surface area (Å²) >= 11 is -0.826. The van der Waals surface area contributed by atoms with Crippen molar-refractivity contribution in [2.45, 2.75) is 158 Å². The normalized spacial score (nSPS) is 12.1. The Bertz CT molecular complexity index is 2760. The van der Waals surface area contributed by atoms with Crippen LogP contribution in [0.1, 0.15) is 179 Å². The summed E-state index contributed by atoms with van der Waals surface area (Å²) in [6.07, 6.45) is 2.12. The van der Waals surface area contributed by atoms with Crippen LogP contribution in [-0.4, -0.2) is 9.52 Å². The van der Waals surface area contributed by atoms with E-state index in [4.69, 9.17) is 17.0 Å². The van der Waals surface area contributed by atoms with Gasteiger partial charge in [-0.25, -0.2) is 0 Å². The fraction of sp³-hybridized carbons (Fsp3) is 0.364. The molecule has 1 heterocycles. The van der Waals surface area contributed by atoms with Gasteiger partial charge in [-0.2, -0.15) is 41.6 Å². The second kappa shape index (κ2) is 23.8. The average Bonchev–Trinajstić information content (AvgIpc) is 4.07. The van der Waals surface area contributed by atoms with Gasteiger partial charge in [0.15, 0.2) is 0 Å². The Hall–Kier alpha value is -3.78. The van der Waals surface area contributed by atoms with Crippen molar-refractivity contribution in [3.63, 3.8) is 0 Å². The van der Waals surface area contributed by atoms with E-state index in [0.717, 1.165) is 22.4 Å². The third-order valence-corrected chi connectivity index (χ3v) is 15.3. The van der Waals surface area contributed by atoms with Crippen molar-refractivity contribution in [1.82, 2.24) is 0 Å². The molecule has 9 rings (SSSR count). The molecule has 0 N–H and O–H groups in total. The third kappa shape index (κ3) is 13.1. The molecule has 70 heavy (non-hydrogen) atoms. The Labute approximate surface area is 445 Å². The molecule has 1 aliphatic rings. The molecule has 0 saturated heterocycles. The van der Waals surface area contributed by atoms with Crippen LogP contribution in [0, 0.1) is 6.07 Å². The molecular formula is C66H77Cl2SiZr-3. The molecule has 0 bridgehead atoms. The van der Waals surface area contributed by atoms with Crippen LogP contribution in [0.3, 0.4) is 0 Å². The van der Waals surface area contributed by atoms with E-state index in [1.807, 2.05) is 6.07 Å². The summed E-state index contributed by atoms with van der Waals surface area (Å²) in [6, 6.07) is 51.6. The molecule has 0 fully saturated rings. The fourth-order valence-corrected chi connectivity index (χ4v) is 10.8. The molecule has 1 aliphatic heterocycles. The molecule has 0 saturated carbocycles. The van der Waals surface area contributed by atoms with E-state index in [1.54, 1.807) is 0 Å². The number of rotatable bonds is 8. The molecule has 8 aromatic rings. The number of hydrogen-bond acceptors (Lipinski definition) is 0. The minimum atomic E-state index is -0.826. The summed E-state index contributed by atoms with van der Waals surface area (Å²) in [7, 11) is 10.7. The molecule has 0 nitrogen and oxygen atoms in total. The first-order chi connectivity index (χ1) is 33.1. The molecule has 0 atom stereocenters. The molecule has 366 valence electrons. The van der Waals surface area contributed by atoms with Crippen molar-refractivity contribution in [3.8, 4) is 33.4 Å². The number of halogens is 2. The van der Waals surface area contributed by atoms with Crippen molar-refractivity contribution in [3.05, 3.63) is 178 Å². The predicted molar refractivity (Wildman–Crippen MR) is 310 cm³/mol. The zero-order valence-corrected chi connectivity index (χ0v) is 50.1. The Kier molecular flexibility index (Phi) is 18.9. The van der Waals surface area contributed by atoms with Crippen LogP contribution in [0.25, 0.3) is 54.9 Å². The quantitative estimate of drug-likeness (QED) is 0.105. The first-order valence-corrected chi connectivity index (χ1v) is 33.0. The number of aryl methyl sites for hydroxylation is 2. The molecular weight excluding hydrogens is 983 g/mol. The summed E-state index contributed by atoms with van der Waals surface area (Å²) in [5.74, 6) is 2.15. The number of fused-ring (bicyclic) bond motifs is 5. The fourth-order valence-electron chi connectivity index (χ4n) is 9.49. The Morgan fingerprint density at radius 2 is 0.900 bits per heavy atom. The maximum atomic E-state index is 4.93. The molecule has 8 aromatic carbocycles. The van der Waals surface area contributed by atoms with Gasteiger partial charge in [-0.1, -0.05) is 204 Å². The SMILES string of the molecule is CCc1ccc2[cH-]c(C(C)(C)C)cc2c1-c1cc(C(C)C)cc(C(C)C)c1.CCc1ccc2[cH-]c(C(C)(C)C)cc2c1-c1cc(C(C)C)cc(C(C)C)c1.[Cl][Zr][Cl].[c-]1cccc2c1[Si]c1ccccc1-2. The molecule has 0 unspecified atom stereocenters. The Morgan fingerprint density at radius 3 is 1.27 bits per heavy atom. The van der Waals surface area contributed by atoms with Crippen molar-refractivity contribution < 1.29 is 20.8 Å². The summed E-state index contributed by atoms with van der Waals surface area (Å²) in [6.45, 7) is 36.7. The van der Waals surface area contributed by atoms with E-state index >= 15 is 0 Å². The summed E-state index contributed by atoms with van der Waals surface area (Å²) in [5.41, 5.74) is 20.3. The topological polar surface area (TPSA) is 0 Å². The van der Waals surface area contributed by atoms with Gasteiger partial charge < -0.3 is 0 Å². The van der Waals surface area contributed by atoms with E-state index < -0.39 is 20.8 Å². The van der Waals surface area contributed by atoms with Crippen LogP contribution in [-0.2, 0) is 44.5 Å². The van der Waals surface area contributed by atoms with Crippen LogP contribution in [0.5, 0.6) is 0 Å². The smallest absolute Gasteiger partial charge is 0.0920 e. The van der Waals surface area contributed by atoms with E-state index in [-0.39, 0.29) is 10.8 Å². The molecule has 4 heteroatoms. The van der Waals surface area contributed by atoms with Crippen LogP contribution in [0.4, 0.5) is 0 Å². The van der Waals surface area contributed by atoms with Gasteiger partial charge in [0, 0.05) is 0 Å². The Morgan fingerprint density at radius 1 is 0.514 bits per heavy atom. The van der Waals surface area contributed by atoms with E-state index in [0.29, 0.717) is 23.7 Å².